The lowest BCUT2D eigenvalue weighted by Crippen LogP contribution is -2.27. The summed E-state index contributed by atoms with van der Waals surface area (Å²) in [6, 6.07) is 5.25. The van der Waals surface area contributed by atoms with Gasteiger partial charge in [0.05, 0.1) is 4.90 Å². The minimum absolute atomic E-state index is 0.312. The molecule has 1 N–H and O–H groups in total. The van der Waals surface area contributed by atoms with Crippen LogP contribution in [0.3, 0.4) is 0 Å². The van der Waals surface area contributed by atoms with Gasteiger partial charge in [0.1, 0.15) is 0 Å². The zero-order valence-electron chi connectivity index (χ0n) is 9.81. The fourth-order valence-corrected chi connectivity index (χ4v) is 3.06. The molecule has 1 aliphatic heterocycles. The van der Waals surface area contributed by atoms with Crippen LogP contribution in [0.25, 0.3) is 0 Å². The van der Waals surface area contributed by atoms with Crippen molar-refractivity contribution >= 4 is 15.7 Å². The van der Waals surface area contributed by atoms with E-state index in [0.29, 0.717) is 11.4 Å². The fraction of sp³-hybridized carbons (Fsp3) is 0.333. The zero-order valence-corrected chi connectivity index (χ0v) is 10.6. The van der Waals surface area contributed by atoms with Gasteiger partial charge >= 0.3 is 0 Å². The maximum absolute atomic E-state index is 12.2. The van der Waals surface area contributed by atoms with Crippen LogP contribution in [0.4, 0.5) is 5.69 Å². The number of hydrogen-bond acceptors (Lipinski definition) is 3. The van der Waals surface area contributed by atoms with Gasteiger partial charge in [-0.15, -0.1) is 6.58 Å². The van der Waals surface area contributed by atoms with Crippen molar-refractivity contribution in [2.45, 2.75) is 11.3 Å². The lowest BCUT2D eigenvalue weighted by molar-refractivity contribution is 0.499. The number of hydrogen-bond donors (Lipinski definition) is 1. The predicted molar refractivity (Wildman–Crippen MR) is 68.6 cm³/mol. The Morgan fingerprint density at radius 2 is 2.29 bits per heavy atom. The van der Waals surface area contributed by atoms with Crippen LogP contribution in [0.15, 0.2) is 35.7 Å². The van der Waals surface area contributed by atoms with Crippen molar-refractivity contribution in [2.75, 3.05) is 25.5 Å². The highest BCUT2D eigenvalue weighted by Crippen LogP contribution is 2.26. The highest BCUT2D eigenvalue weighted by atomic mass is 32.2. The van der Waals surface area contributed by atoms with E-state index < -0.39 is 10.0 Å². The third kappa shape index (κ3) is 2.21. The summed E-state index contributed by atoms with van der Waals surface area (Å²) in [5.41, 5.74) is 2.11. The van der Waals surface area contributed by atoms with E-state index >= 15 is 0 Å². The summed E-state index contributed by atoms with van der Waals surface area (Å²) in [4.78, 5) is 0.329. The molecule has 0 unspecified atom stereocenters. The maximum atomic E-state index is 12.2. The standard InChI is InChI=1S/C12H16N2O2S/c1-3-8-14(2)17(15,16)11-5-4-10-6-7-13-12(10)9-11/h3-5,9,13H,1,6-8H2,2H3. The first-order valence-electron chi connectivity index (χ1n) is 5.50. The SMILES string of the molecule is C=CCN(C)S(=O)(=O)c1ccc2c(c1)NCC2. The Morgan fingerprint density at radius 1 is 1.53 bits per heavy atom. The molecule has 0 aromatic heterocycles. The molecule has 0 saturated carbocycles. The van der Waals surface area contributed by atoms with Crippen molar-refractivity contribution in [2.24, 2.45) is 0 Å². The van der Waals surface area contributed by atoms with Gasteiger partial charge in [-0.2, -0.15) is 4.31 Å². The van der Waals surface area contributed by atoms with E-state index in [1.807, 2.05) is 6.07 Å². The van der Waals surface area contributed by atoms with Crippen LogP contribution in [-0.2, 0) is 16.4 Å². The third-order valence-electron chi connectivity index (χ3n) is 2.89. The zero-order chi connectivity index (χ0) is 12.5. The second kappa shape index (κ2) is 4.50. The van der Waals surface area contributed by atoms with E-state index in [1.54, 1.807) is 25.3 Å². The number of sulfonamides is 1. The van der Waals surface area contributed by atoms with Crippen LogP contribution in [0, 0.1) is 0 Å². The number of likely N-dealkylation sites (N-methyl/N-ethyl adjacent to an activating group) is 1. The monoisotopic (exact) mass is 252 g/mol. The summed E-state index contributed by atoms with van der Waals surface area (Å²) in [6.07, 6.45) is 2.53. The van der Waals surface area contributed by atoms with E-state index in [4.69, 9.17) is 0 Å². The summed E-state index contributed by atoms with van der Waals surface area (Å²) in [5, 5.41) is 3.18. The first kappa shape index (κ1) is 12.1. The molecule has 0 bridgehead atoms. The van der Waals surface area contributed by atoms with E-state index in [0.717, 1.165) is 18.7 Å². The number of anilines is 1. The van der Waals surface area contributed by atoms with E-state index in [9.17, 15) is 8.42 Å². The molecule has 1 aromatic rings. The molecule has 1 aromatic carbocycles. The van der Waals surface area contributed by atoms with Crippen molar-refractivity contribution in [3.63, 3.8) is 0 Å². The molecule has 0 atom stereocenters. The second-order valence-electron chi connectivity index (χ2n) is 4.07. The van der Waals surface area contributed by atoms with Gasteiger partial charge < -0.3 is 5.32 Å². The predicted octanol–water partition coefficient (Wildman–Crippen LogP) is 1.46. The molecule has 2 rings (SSSR count). The molecule has 5 heteroatoms. The molecule has 92 valence electrons. The Labute approximate surface area is 102 Å². The van der Waals surface area contributed by atoms with E-state index in [-0.39, 0.29) is 0 Å². The fourth-order valence-electron chi connectivity index (χ4n) is 1.89. The highest BCUT2D eigenvalue weighted by Gasteiger charge is 2.21. The van der Waals surface area contributed by atoms with Gasteiger partial charge in [-0.05, 0) is 24.1 Å². The van der Waals surface area contributed by atoms with Gasteiger partial charge in [0.15, 0.2) is 0 Å². The minimum Gasteiger partial charge on any atom is -0.384 e. The molecule has 0 fully saturated rings. The average molecular weight is 252 g/mol. The van der Waals surface area contributed by atoms with Crippen LogP contribution >= 0.6 is 0 Å². The average Bonchev–Trinajstić information content (AvgIpc) is 2.76. The van der Waals surface area contributed by atoms with Crippen molar-refractivity contribution < 1.29 is 8.42 Å². The Bertz CT molecular complexity index is 537. The lowest BCUT2D eigenvalue weighted by atomic mass is 10.2. The normalized spacial score (nSPS) is 14.5. The first-order valence-corrected chi connectivity index (χ1v) is 6.94. The summed E-state index contributed by atoms with van der Waals surface area (Å²) in [5.74, 6) is 0. The summed E-state index contributed by atoms with van der Waals surface area (Å²) < 4.78 is 25.6. The lowest BCUT2D eigenvalue weighted by Gasteiger charge is -2.15. The summed E-state index contributed by atoms with van der Waals surface area (Å²) in [7, 11) is -1.85. The smallest absolute Gasteiger partial charge is 0.243 e. The molecule has 0 spiro atoms. The Morgan fingerprint density at radius 3 is 3.00 bits per heavy atom. The number of benzene rings is 1. The first-order chi connectivity index (χ1) is 8.05. The molecule has 1 aliphatic rings. The van der Waals surface area contributed by atoms with Crippen LogP contribution in [0.1, 0.15) is 5.56 Å². The van der Waals surface area contributed by atoms with Crippen molar-refractivity contribution in [1.29, 1.82) is 0 Å². The topological polar surface area (TPSA) is 49.4 Å². The molecule has 17 heavy (non-hydrogen) atoms. The Kier molecular flexibility index (Phi) is 3.22. The van der Waals surface area contributed by atoms with Gasteiger partial charge in [-0.1, -0.05) is 12.1 Å². The van der Waals surface area contributed by atoms with Crippen molar-refractivity contribution in [3.05, 3.63) is 36.4 Å². The number of rotatable bonds is 4. The van der Waals surface area contributed by atoms with Gasteiger partial charge in [0.25, 0.3) is 0 Å². The maximum Gasteiger partial charge on any atom is 0.243 e. The number of fused-ring (bicyclic) bond motifs is 1. The van der Waals surface area contributed by atoms with Crippen LogP contribution in [0.5, 0.6) is 0 Å². The van der Waals surface area contributed by atoms with Crippen LogP contribution < -0.4 is 5.32 Å². The number of nitrogens with zero attached hydrogens (tertiary/aromatic N) is 1. The Balaban J connectivity index is 2.37. The molecule has 0 aliphatic carbocycles. The quantitative estimate of drug-likeness (QED) is 0.825. The van der Waals surface area contributed by atoms with Crippen molar-refractivity contribution in [3.8, 4) is 0 Å². The van der Waals surface area contributed by atoms with Gasteiger partial charge in [-0.3, -0.25) is 0 Å². The summed E-state index contributed by atoms with van der Waals surface area (Å²) in [6.45, 7) is 4.74. The van der Waals surface area contributed by atoms with Crippen molar-refractivity contribution in [1.82, 2.24) is 4.31 Å². The summed E-state index contributed by atoms with van der Waals surface area (Å²) >= 11 is 0. The van der Waals surface area contributed by atoms with Gasteiger partial charge in [0, 0.05) is 25.8 Å². The van der Waals surface area contributed by atoms with Gasteiger partial charge in [0.2, 0.25) is 10.0 Å². The second-order valence-corrected chi connectivity index (χ2v) is 6.11. The van der Waals surface area contributed by atoms with Crippen LogP contribution in [-0.4, -0.2) is 32.9 Å². The molecular weight excluding hydrogens is 236 g/mol. The largest absolute Gasteiger partial charge is 0.384 e. The minimum atomic E-state index is -3.40. The molecule has 0 amide bonds. The van der Waals surface area contributed by atoms with E-state index in [2.05, 4.69) is 11.9 Å². The Hall–Kier alpha value is -1.33. The number of nitrogens with one attached hydrogen (secondary N) is 1. The molecule has 1 heterocycles. The van der Waals surface area contributed by atoms with Gasteiger partial charge in [-0.25, -0.2) is 8.42 Å². The van der Waals surface area contributed by atoms with Crippen LogP contribution in [0.2, 0.25) is 0 Å². The highest BCUT2D eigenvalue weighted by molar-refractivity contribution is 7.89. The molecule has 0 saturated heterocycles. The molecule has 4 nitrogen and oxygen atoms in total. The molecule has 0 radical (unpaired) electrons. The third-order valence-corrected chi connectivity index (χ3v) is 4.70. The van der Waals surface area contributed by atoms with E-state index in [1.165, 1.54) is 9.87 Å². The molecular formula is C12H16N2O2S.